The van der Waals surface area contributed by atoms with E-state index >= 15 is 0 Å². The molecule has 2 unspecified atom stereocenters. The van der Waals surface area contributed by atoms with Crippen molar-refractivity contribution < 1.29 is 9.90 Å². The molecular weight excluding hydrogens is 252 g/mol. The van der Waals surface area contributed by atoms with Crippen LogP contribution in [0.4, 0.5) is 0 Å². The van der Waals surface area contributed by atoms with Crippen LogP contribution in [0.15, 0.2) is 36.9 Å². The Morgan fingerprint density at radius 3 is 2.17 bits per heavy atom. The van der Waals surface area contributed by atoms with Gasteiger partial charge in [0.15, 0.2) is 0 Å². The van der Waals surface area contributed by atoms with Crippen molar-refractivity contribution in [2.45, 2.75) is 6.92 Å². The predicted molar refractivity (Wildman–Crippen MR) is 77.3 cm³/mol. The van der Waals surface area contributed by atoms with Crippen molar-refractivity contribution >= 4 is 23.3 Å². The molecule has 0 aromatic carbocycles. The van der Waals surface area contributed by atoms with Crippen LogP contribution in [0.25, 0.3) is 0 Å². The average molecular weight is 273 g/mol. The lowest BCUT2D eigenvalue weighted by Gasteiger charge is -2.29. The quantitative estimate of drug-likeness (QED) is 0.514. The van der Waals surface area contributed by atoms with Crippen LogP contribution in [0.1, 0.15) is 6.92 Å². The van der Waals surface area contributed by atoms with Crippen LogP contribution in [0.5, 0.6) is 0 Å². The Bertz CT molecular complexity index is 340. The van der Waals surface area contributed by atoms with Gasteiger partial charge in [-0.05, 0) is 21.0 Å². The monoisotopic (exact) mass is 272 g/mol. The Morgan fingerprint density at radius 1 is 1.50 bits per heavy atom. The first-order valence-electron chi connectivity index (χ1n) is 5.29. The minimum Gasteiger partial charge on any atom is -0.477 e. The van der Waals surface area contributed by atoms with Crippen molar-refractivity contribution in [2.24, 2.45) is 11.3 Å². The van der Waals surface area contributed by atoms with Gasteiger partial charge in [0.1, 0.15) is 5.71 Å². The first-order chi connectivity index (χ1) is 8.35. The minimum atomic E-state index is -1.27. The van der Waals surface area contributed by atoms with Gasteiger partial charge in [0.2, 0.25) is 0 Å². The third-order valence-corrected chi connectivity index (χ3v) is 2.55. The van der Waals surface area contributed by atoms with E-state index in [9.17, 15) is 4.79 Å². The molecular formula is C13H21ClN2O2. The van der Waals surface area contributed by atoms with Crippen molar-refractivity contribution in [1.82, 2.24) is 5.32 Å². The Labute approximate surface area is 114 Å². The molecule has 0 saturated carbocycles. The average Bonchev–Trinajstić information content (AvgIpc) is 2.34. The van der Waals surface area contributed by atoms with Gasteiger partial charge in [0, 0.05) is 16.9 Å². The van der Waals surface area contributed by atoms with Gasteiger partial charge in [0.05, 0.1) is 0 Å². The second kappa shape index (κ2) is 9.62. The molecule has 5 heteroatoms. The van der Waals surface area contributed by atoms with Gasteiger partial charge in [0.25, 0.3) is 0 Å². The summed E-state index contributed by atoms with van der Waals surface area (Å²) in [5.74, 6) is -1.64. The van der Waals surface area contributed by atoms with Crippen LogP contribution in [0.2, 0.25) is 0 Å². The van der Waals surface area contributed by atoms with E-state index in [4.69, 9.17) is 22.1 Å². The highest BCUT2D eigenvalue weighted by Crippen LogP contribution is 2.32. The predicted octanol–water partition coefficient (Wildman–Crippen LogP) is 2.67. The minimum absolute atomic E-state index is 0.365. The van der Waals surface area contributed by atoms with Crippen LogP contribution < -0.4 is 5.32 Å². The number of carboxylic acid groups (broad SMARTS) is 1. The van der Waals surface area contributed by atoms with Gasteiger partial charge in [-0.25, -0.2) is 4.79 Å². The summed E-state index contributed by atoms with van der Waals surface area (Å²) in [6.07, 6.45) is 4.54. The number of halogens is 1. The summed E-state index contributed by atoms with van der Waals surface area (Å²) in [7, 11) is 3.75. The van der Waals surface area contributed by atoms with Crippen molar-refractivity contribution in [3.05, 3.63) is 36.9 Å². The van der Waals surface area contributed by atoms with E-state index in [1.54, 1.807) is 13.0 Å². The number of carboxylic acids is 1. The summed E-state index contributed by atoms with van der Waals surface area (Å²) in [5, 5.41) is 19.1. The molecule has 0 amide bonds. The van der Waals surface area contributed by atoms with Gasteiger partial charge >= 0.3 is 5.97 Å². The van der Waals surface area contributed by atoms with Crippen LogP contribution in [-0.2, 0) is 4.79 Å². The first kappa shape index (κ1) is 19.0. The van der Waals surface area contributed by atoms with Crippen molar-refractivity contribution in [1.29, 1.82) is 5.41 Å². The van der Waals surface area contributed by atoms with Crippen LogP contribution in [0, 0.1) is 16.7 Å². The highest BCUT2D eigenvalue weighted by molar-refractivity contribution is 6.37. The molecule has 0 fully saturated rings. The molecule has 0 radical (unpaired) electrons. The Hall–Kier alpha value is -1.39. The molecule has 18 heavy (non-hydrogen) atoms. The van der Waals surface area contributed by atoms with Crippen LogP contribution in [0.3, 0.4) is 0 Å². The molecule has 3 N–H and O–H groups in total. The van der Waals surface area contributed by atoms with Crippen molar-refractivity contribution in [2.75, 3.05) is 14.1 Å². The maximum atomic E-state index is 10.8. The van der Waals surface area contributed by atoms with Crippen LogP contribution >= 0.6 is 11.6 Å². The SMILES string of the molecule is C=CC(/C=C/Cl)C(C)(C=C)C(=N)C(=O)O.CNC. The molecule has 0 aromatic rings. The number of allylic oxidation sites excluding steroid dienone is 3. The fraction of sp³-hybridized carbons (Fsp3) is 0.385. The number of hydrogen-bond acceptors (Lipinski definition) is 3. The third-order valence-electron chi connectivity index (χ3n) is 2.40. The van der Waals surface area contributed by atoms with Gasteiger partial charge in [-0.3, -0.25) is 5.41 Å². The molecule has 0 heterocycles. The summed E-state index contributed by atoms with van der Waals surface area (Å²) in [4.78, 5) is 10.8. The van der Waals surface area contributed by atoms with Gasteiger partial charge in [-0.2, -0.15) is 0 Å². The summed E-state index contributed by atoms with van der Waals surface area (Å²) >= 11 is 5.44. The zero-order chi connectivity index (χ0) is 14.8. The summed E-state index contributed by atoms with van der Waals surface area (Å²) in [5.41, 5.74) is -0.153. The zero-order valence-corrected chi connectivity index (χ0v) is 11.8. The van der Waals surface area contributed by atoms with Gasteiger partial charge in [-0.15, -0.1) is 13.2 Å². The van der Waals surface area contributed by atoms with Gasteiger partial charge in [-0.1, -0.05) is 29.8 Å². The maximum absolute atomic E-state index is 10.8. The lowest BCUT2D eigenvalue weighted by Crippen LogP contribution is -2.36. The van der Waals surface area contributed by atoms with E-state index in [2.05, 4.69) is 18.5 Å². The van der Waals surface area contributed by atoms with E-state index in [0.717, 1.165) is 0 Å². The van der Waals surface area contributed by atoms with Crippen molar-refractivity contribution in [3.8, 4) is 0 Å². The molecule has 0 aliphatic heterocycles. The number of carbonyl (C=O) groups is 1. The summed E-state index contributed by atoms with van der Waals surface area (Å²) in [6.45, 7) is 8.76. The first-order valence-corrected chi connectivity index (χ1v) is 5.73. The van der Waals surface area contributed by atoms with E-state index in [1.807, 2.05) is 14.1 Å². The topological polar surface area (TPSA) is 73.2 Å². The molecule has 0 aliphatic rings. The molecule has 2 atom stereocenters. The van der Waals surface area contributed by atoms with Crippen molar-refractivity contribution in [3.63, 3.8) is 0 Å². The normalized spacial score (nSPS) is 14.9. The van der Waals surface area contributed by atoms with Crippen LogP contribution in [-0.4, -0.2) is 30.9 Å². The summed E-state index contributed by atoms with van der Waals surface area (Å²) < 4.78 is 0. The van der Waals surface area contributed by atoms with E-state index in [-0.39, 0.29) is 5.92 Å². The molecule has 0 saturated heterocycles. The Balaban J connectivity index is 0. The molecule has 0 bridgehead atoms. The van der Waals surface area contributed by atoms with Gasteiger partial charge < -0.3 is 10.4 Å². The molecule has 0 spiro atoms. The number of nitrogens with one attached hydrogen (secondary N) is 2. The second-order valence-corrected chi connectivity index (χ2v) is 4.00. The highest BCUT2D eigenvalue weighted by Gasteiger charge is 2.36. The zero-order valence-electron chi connectivity index (χ0n) is 11.0. The molecule has 4 nitrogen and oxygen atoms in total. The Morgan fingerprint density at radius 2 is 1.94 bits per heavy atom. The third kappa shape index (κ3) is 5.29. The second-order valence-electron chi connectivity index (χ2n) is 3.75. The molecule has 0 rings (SSSR count). The fourth-order valence-corrected chi connectivity index (χ4v) is 1.39. The number of hydrogen-bond donors (Lipinski definition) is 3. The van der Waals surface area contributed by atoms with E-state index < -0.39 is 17.1 Å². The molecule has 0 aliphatic carbocycles. The fourth-order valence-electron chi connectivity index (χ4n) is 1.24. The number of rotatable bonds is 6. The number of aliphatic carboxylic acids is 1. The smallest absolute Gasteiger partial charge is 0.350 e. The Kier molecular flexibility index (Phi) is 10.1. The summed E-state index contributed by atoms with van der Waals surface area (Å²) in [6, 6.07) is 0. The standard InChI is InChI=1S/C11H14ClNO2.C2H7N/c1-4-8(6-7-12)11(3,5-2)9(13)10(14)15;1-3-2/h4-8,13H,1-2H2,3H3,(H,14,15);3H,1-2H3/b7-6+,13-9?;. The molecule has 102 valence electrons. The lowest BCUT2D eigenvalue weighted by atomic mass is 9.73. The van der Waals surface area contributed by atoms with E-state index in [1.165, 1.54) is 17.7 Å². The molecule has 0 aromatic heterocycles. The highest BCUT2D eigenvalue weighted by atomic mass is 35.5. The van der Waals surface area contributed by atoms with E-state index in [0.29, 0.717) is 0 Å². The largest absolute Gasteiger partial charge is 0.477 e. The maximum Gasteiger partial charge on any atom is 0.350 e. The lowest BCUT2D eigenvalue weighted by molar-refractivity contribution is -0.130.